The Morgan fingerprint density at radius 2 is 1.79 bits per heavy atom. The lowest BCUT2D eigenvalue weighted by Crippen LogP contribution is -2.58. The van der Waals surface area contributed by atoms with Crippen LogP contribution in [0.15, 0.2) is 0 Å². The van der Waals surface area contributed by atoms with Gasteiger partial charge in [-0.1, -0.05) is 34.6 Å². The highest BCUT2D eigenvalue weighted by Crippen LogP contribution is 2.61. The van der Waals surface area contributed by atoms with E-state index < -0.39 is 18.8 Å². The number of hydrogen-bond acceptors (Lipinski definition) is 5. The Hall–Kier alpha value is -2.35. The van der Waals surface area contributed by atoms with Crippen molar-refractivity contribution in [3.63, 3.8) is 0 Å². The molecule has 1 spiro atoms. The second-order valence-corrected chi connectivity index (χ2v) is 12.3. The lowest BCUT2D eigenvalue weighted by molar-refractivity contribution is -0.134. The summed E-state index contributed by atoms with van der Waals surface area (Å²) >= 11 is 0. The van der Waals surface area contributed by atoms with E-state index in [2.05, 4.69) is 50.6 Å². The van der Waals surface area contributed by atoms with Crippen LogP contribution in [0.5, 0.6) is 0 Å². The summed E-state index contributed by atoms with van der Waals surface area (Å²) in [5.41, 5.74) is 0.379. The van der Waals surface area contributed by atoms with Crippen LogP contribution in [0, 0.1) is 40.4 Å². The first-order chi connectivity index (χ1) is 17.6. The first-order valence-electron chi connectivity index (χ1n) is 13.6. The van der Waals surface area contributed by atoms with E-state index in [-0.39, 0.29) is 29.8 Å². The first kappa shape index (κ1) is 31.9. The van der Waals surface area contributed by atoms with Crippen molar-refractivity contribution in [2.24, 2.45) is 29.1 Å². The zero-order chi connectivity index (χ0) is 28.7. The van der Waals surface area contributed by atoms with Crippen LogP contribution < -0.4 is 16.0 Å². The summed E-state index contributed by atoms with van der Waals surface area (Å²) in [4.78, 5) is 35.5. The molecule has 2 saturated heterocycles. The first-order valence-corrected chi connectivity index (χ1v) is 13.6. The van der Waals surface area contributed by atoms with Crippen molar-refractivity contribution in [3.05, 3.63) is 0 Å². The number of carbonyl (C=O) groups excluding carboxylic acids is 3. The molecular formula is C27H44F3N5O3. The standard InChI is InChI=1S/C12H17N3O2.C11H17F3N2O.C4H10/c13-7-10(14-8-16)6-9-2-5-12(3-1-4-12)15-11(9)17;1-10(2)7-4-16(5-8(7)10)9(17)3-15-6-11(12,13)14;1-4(2)3/h8-10H,1-6H2,(H,14,16)(H,15,17);7-8,15H,3-6H2,1-2H3;4H,1-3H3/t9-,10?;7-,8?;/m00./s1. The van der Waals surface area contributed by atoms with E-state index in [1.165, 1.54) is 6.42 Å². The average molecular weight is 544 g/mol. The van der Waals surface area contributed by atoms with E-state index in [0.29, 0.717) is 43.2 Å². The van der Waals surface area contributed by atoms with Gasteiger partial charge in [-0.25, -0.2) is 0 Å². The molecule has 4 fully saturated rings. The number of likely N-dealkylation sites (tertiary alicyclic amines) is 1. The van der Waals surface area contributed by atoms with Gasteiger partial charge >= 0.3 is 6.18 Å². The molecule has 8 nitrogen and oxygen atoms in total. The molecule has 2 aliphatic carbocycles. The predicted molar refractivity (Wildman–Crippen MR) is 137 cm³/mol. The molecule has 4 atom stereocenters. The Bertz CT molecular complexity index is 850. The van der Waals surface area contributed by atoms with E-state index in [9.17, 15) is 27.6 Å². The van der Waals surface area contributed by atoms with Crippen LogP contribution >= 0.6 is 0 Å². The molecule has 0 radical (unpaired) electrons. The summed E-state index contributed by atoms with van der Waals surface area (Å²) < 4.78 is 35.6. The minimum absolute atomic E-state index is 0.0453. The van der Waals surface area contributed by atoms with Gasteiger partial charge in [-0.3, -0.25) is 14.4 Å². The third-order valence-electron chi connectivity index (χ3n) is 8.06. The lowest BCUT2D eigenvalue weighted by atomic mass is 9.69. The molecule has 2 unspecified atom stereocenters. The number of fused-ring (bicyclic) bond motifs is 1. The molecule has 4 aliphatic rings. The molecule has 0 aromatic heterocycles. The number of amides is 3. The second kappa shape index (κ2) is 13.1. The number of alkyl halides is 3. The molecule has 2 aliphatic heterocycles. The molecule has 38 heavy (non-hydrogen) atoms. The Balaban J connectivity index is 0.000000234. The van der Waals surface area contributed by atoms with Gasteiger partial charge in [0.1, 0.15) is 6.04 Å². The Kier molecular flexibility index (Phi) is 11.0. The van der Waals surface area contributed by atoms with Gasteiger partial charge in [-0.2, -0.15) is 18.4 Å². The van der Waals surface area contributed by atoms with Crippen molar-refractivity contribution in [1.82, 2.24) is 20.9 Å². The Labute approximate surface area is 224 Å². The van der Waals surface area contributed by atoms with E-state index in [1.54, 1.807) is 4.90 Å². The molecule has 4 rings (SSSR count). The fraction of sp³-hybridized carbons (Fsp3) is 0.852. The molecule has 11 heteroatoms. The van der Waals surface area contributed by atoms with E-state index in [1.807, 2.05) is 6.07 Å². The maximum absolute atomic E-state index is 11.9. The maximum Gasteiger partial charge on any atom is 0.401 e. The highest BCUT2D eigenvalue weighted by atomic mass is 19.4. The third kappa shape index (κ3) is 9.14. The number of piperidine rings is 2. The molecule has 3 N–H and O–H groups in total. The summed E-state index contributed by atoms with van der Waals surface area (Å²) in [5, 5.41) is 16.5. The normalized spacial score (nSPS) is 26.8. The van der Waals surface area contributed by atoms with Gasteiger partial charge < -0.3 is 20.9 Å². The maximum atomic E-state index is 11.9. The SMILES string of the molecule is CC(C)C.CC1(C)C2CN(C(=O)CNCC(F)(F)F)C[C@@H]21.N#CC(C[C@@H]1CCC2(CCC2)NC1=O)NC=O. The predicted octanol–water partition coefficient (Wildman–Crippen LogP) is 3.38. The topological polar surface area (TPSA) is 114 Å². The van der Waals surface area contributed by atoms with E-state index in [0.717, 1.165) is 31.6 Å². The van der Waals surface area contributed by atoms with Crippen LogP contribution in [0.4, 0.5) is 13.2 Å². The van der Waals surface area contributed by atoms with Gasteiger partial charge in [-0.15, -0.1) is 0 Å². The van der Waals surface area contributed by atoms with E-state index in [4.69, 9.17) is 5.26 Å². The molecule has 2 saturated carbocycles. The molecule has 216 valence electrons. The van der Waals surface area contributed by atoms with Gasteiger partial charge in [-0.05, 0) is 61.7 Å². The van der Waals surface area contributed by atoms with E-state index >= 15 is 0 Å². The van der Waals surface area contributed by atoms with Gasteiger partial charge in [0, 0.05) is 24.5 Å². The van der Waals surface area contributed by atoms with Crippen molar-refractivity contribution in [1.29, 1.82) is 5.26 Å². The molecule has 0 bridgehead atoms. The van der Waals surface area contributed by atoms with Crippen LogP contribution in [0.3, 0.4) is 0 Å². The smallest absolute Gasteiger partial charge is 0.350 e. The number of hydrogen-bond donors (Lipinski definition) is 3. The van der Waals surface area contributed by atoms with Crippen LogP contribution in [-0.2, 0) is 14.4 Å². The number of halogens is 3. The number of nitrogens with one attached hydrogen (secondary N) is 3. The quantitative estimate of drug-likeness (QED) is 0.426. The van der Waals surface area contributed by atoms with Crippen LogP contribution in [-0.4, -0.2) is 67.1 Å². The molecular weight excluding hydrogens is 499 g/mol. The fourth-order valence-corrected chi connectivity index (χ4v) is 5.49. The number of rotatable bonds is 7. The summed E-state index contributed by atoms with van der Waals surface area (Å²) in [7, 11) is 0. The summed E-state index contributed by atoms with van der Waals surface area (Å²) in [6.07, 6.45) is 1.86. The second-order valence-electron chi connectivity index (χ2n) is 12.3. The van der Waals surface area contributed by atoms with Crippen LogP contribution in [0.2, 0.25) is 0 Å². The van der Waals surface area contributed by atoms with Crippen molar-refractivity contribution in [2.75, 3.05) is 26.2 Å². The van der Waals surface area contributed by atoms with Gasteiger partial charge in [0.2, 0.25) is 18.2 Å². The van der Waals surface area contributed by atoms with Crippen LogP contribution in [0.25, 0.3) is 0 Å². The summed E-state index contributed by atoms with van der Waals surface area (Å²) in [6.45, 7) is 10.9. The zero-order valence-electron chi connectivity index (χ0n) is 23.3. The minimum atomic E-state index is -4.25. The average Bonchev–Trinajstić information content (AvgIpc) is 3.12. The Morgan fingerprint density at radius 1 is 1.21 bits per heavy atom. The van der Waals surface area contributed by atoms with Gasteiger partial charge in [0.15, 0.2) is 0 Å². The third-order valence-corrected chi connectivity index (χ3v) is 8.06. The number of nitrogens with zero attached hydrogens (tertiary/aromatic N) is 2. The molecule has 0 aromatic carbocycles. The molecule has 3 amide bonds. The number of nitriles is 1. The van der Waals surface area contributed by atoms with Crippen molar-refractivity contribution in [2.45, 2.75) is 90.9 Å². The van der Waals surface area contributed by atoms with Gasteiger partial charge in [0.25, 0.3) is 0 Å². The Morgan fingerprint density at radius 3 is 2.21 bits per heavy atom. The minimum Gasteiger partial charge on any atom is -0.350 e. The zero-order valence-corrected chi connectivity index (χ0v) is 23.3. The lowest BCUT2D eigenvalue weighted by Gasteiger charge is -2.47. The number of carbonyl (C=O) groups is 3. The largest absolute Gasteiger partial charge is 0.401 e. The molecule has 2 heterocycles. The fourth-order valence-electron chi connectivity index (χ4n) is 5.49. The summed E-state index contributed by atoms with van der Waals surface area (Å²) in [5.74, 6) is 1.59. The molecule has 0 aromatic rings. The monoisotopic (exact) mass is 543 g/mol. The highest BCUT2D eigenvalue weighted by molar-refractivity contribution is 5.80. The highest BCUT2D eigenvalue weighted by Gasteiger charge is 2.62. The van der Waals surface area contributed by atoms with Crippen molar-refractivity contribution < 1.29 is 27.6 Å². The van der Waals surface area contributed by atoms with Crippen LogP contribution in [0.1, 0.15) is 73.1 Å². The van der Waals surface area contributed by atoms with Gasteiger partial charge in [0.05, 0.1) is 19.2 Å². The van der Waals surface area contributed by atoms with Crippen molar-refractivity contribution in [3.8, 4) is 6.07 Å². The van der Waals surface area contributed by atoms with Crippen molar-refractivity contribution >= 4 is 18.2 Å². The summed E-state index contributed by atoms with van der Waals surface area (Å²) in [6, 6.07) is 1.44.